The van der Waals surface area contributed by atoms with Crippen molar-refractivity contribution in [3.63, 3.8) is 0 Å². The van der Waals surface area contributed by atoms with E-state index in [1.54, 1.807) is 20.3 Å². The van der Waals surface area contributed by atoms with Crippen LogP contribution in [-0.2, 0) is 26.0 Å². The highest BCUT2D eigenvalue weighted by molar-refractivity contribution is 7.89. The van der Waals surface area contributed by atoms with E-state index in [0.29, 0.717) is 36.8 Å². The first kappa shape index (κ1) is 27.4. The van der Waals surface area contributed by atoms with Gasteiger partial charge in [-0.15, -0.1) is 0 Å². The summed E-state index contributed by atoms with van der Waals surface area (Å²) in [6.07, 6.45) is 1.37. The molecule has 2 N–H and O–H groups in total. The Bertz CT molecular complexity index is 1010. The summed E-state index contributed by atoms with van der Waals surface area (Å²) in [7, 11) is -0.575. The molecule has 2 rings (SSSR count). The summed E-state index contributed by atoms with van der Waals surface area (Å²) in [4.78, 5) is 12.0. The number of amides is 1. The third kappa shape index (κ3) is 9.20. The molecule has 0 fully saturated rings. The van der Waals surface area contributed by atoms with Crippen LogP contribution in [-0.4, -0.2) is 61.0 Å². The first-order valence-corrected chi connectivity index (χ1v) is 12.5. The number of methoxy groups -OCH3 is 2. The molecule has 0 aliphatic carbocycles. The Balaban J connectivity index is 1.78. The van der Waals surface area contributed by atoms with Gasteiger partial charge in [-0.25, -0.2) is 13.1 Å². The number of hydrogen-bond acceptors (Lipinski definition) is 7. The molecular formula is C24H34N2O7S. The molecule has 9 nitrogen and oxygen atoms in total. The molecule has 0 aromatic heterocycles. The Morgan fingerprint density at radius 3 is 2.32 bits per heavy atom. The van der Waals surface area contributed by atoms with Crippen LogP contribution in [0.25, 0.3) is 0 Å². The zero-order chi connectivity index (χ0) is 25.0. The Hall–Kier alpha value is -2.82. The van der Waals surface area contributed by atoms with Gasteiger partial charge in [-0.1, -0.05) is 6.07 Å². The van der Waals surface area contributed by atoms with Crippen LogP contribution in [0.15, 0.2) is 47.4 Å². The van der Waals surface area contributed by atoms with E-state index in [9.17, 15) is 13.2 Å². The van der Waals surface area contributed by atoms with Crippen LogP contribution < -0.4 is 24.2 Å². The molecular weight excluding hydrogens is 460 g/mol. The fraction of sp³-hybridized carbons (Fsp3) is 0.458. The SMILES string of the molecule is COc1ccc(CCNS(=O)(=O)c2ccc(OCC(=O)NCCCOC(C)C)cc2)cc1OC. The van der Waals surface area contributed by atoms with Crippen LogP contribution in [0.4, 0.5) is 0 Å². The van der Waals surface area contributed by atoms with Crippen molar-refractivity contribution in [1.82, 2.24) is 10.0 Å². The number of sulfonamides is 1. The van der Waals surface area contributed by atoms with Gasteiger partial charge in [0.1, 0.15) is 5.75 Å². The third-order valence-corrected chi connectivity index (χ3v) is 6.23. The molecule has 0 spiro atoms. The van der Waals surface area contributed by atoms with Gasteiger partial charge in [-0.2, -0.15) is 0 Å². The van der Waals surface area contributed by atoms with Gasteiger partial charge < -0.3 is 24.3 Å². The van der Waals surface area contributed by atoms with Gasteiger partial charge in [0, 0.05) is 19.7 Å². The molecule has 0 aliphatic heterocycles. The molecule has 0 aliphatic rings. The summed E-state index contributed by atoms with van der Waals surface area (Å²) in [6, 6.07) is 11.4. The van der Waals surface area contributed by atoms with E-state index >= 15 is 0 Å². The monoisotopic (exact) mass is 494 g/mol. The van der Waals surface area contributed by atoms with Crippen molar-refractivity contribution in [3.05, 3.63) is 48.0 Å². The molecule has 0 saturated heterocycles. The Morgan fingerprint density at radius 2 is 1.68 bits per heavy atom. The molecule has 1 amide bonds. The van der Waals surface area contributed by atoms with Crippen molar-refractivity contribution < 1.29 is 32.2 Å². The lowest BCUT2D eigenvalue weighted by atomic mass is 10.1. The fourth-order valence-electron chi connectivity index (χ4n) is 2.98. The highest BCUT2D eigenvalue weighted by Gasteiger charge is 2.14. The van der Waals surface area contributed by atoms with Crippen LogP contribution in [0.1, 0.15) is 25.8 Å². The molecule has 10 heteroatoms. The molecule has 0 bridgehead atoms. The molecule has 0 heterocycles. The lowest BCUT2D eigenvalue weighted by Crippen LogP contribution is -2.30. The van der Waals surface area contributed by atoms with E-state index in [4.69, 9.17) is 18.9 Å². The lowest BCUT2D eigenvalue weighted by Gasteiger charge is -2.11. The third-order valence-electron chi connectivity index (χ3n) is 4.75. The fourth-order valence-corrected chi connectivity index (χ4v) is 4.01. The Kier molecular flexibility index (Phi) is 11.1. The van der Waals surface area contributed by atoms with Gasteiger partial charge in [0.25, 0.3) is 5.91 Å². The van der Waals surface area contributed by atoms with Gasteiger partial charge >= 0.3 is 0 Å². The minimum atomic E-state index is -3.68. The van der Waals surface area contributed by atoms with Crippen molar-refractivity contribution in [1.29, 1.82) is 0 Å². The average Bonchev–Trinajstić information content (AvgIpc) is 2.82. The van der Waals surface area contributed by atoms with Gasteiger partial charge in [0.05, 0.1) is 25.2 Å². The summed E-state index contributed by atoms with van der Waals surface area (Å²) in [5.74, 6) is 1.36. The number of hydrogen-bond donors (Lipinski definition) is 2. The normalized spacial score (nSPS) is 11.3. The summed E-state index contributed by atoms with van der Waals surface area (Å²) >= 11 is 0. The van der Waals surface area contributed by atoms with Crippen molar-refractivity contribution >= 4 is 15.9 Å². The van der Waals surface area contributed by atoms with E-state index in [-0.39, 0.29) is 30.1 Å². The maximum absolute atomic E-state index is 12.6. The largest absolute Gasteiger partial charge is 0.493 e. The van der Waals surface area contributed by atoms with Crippen molar-refractivity contribution in [2.75, 3.05) is 40.5 Å². The number of ether oxygens (including phenoxy) is 4. The van der Waals surface area contributed by atoms with Crippen molar-refractivity contribution in [3.8, 4) is 17.2 Å². The summed E-state index contributed by atoms with van der Waals surface area (Å²) in [6.45, 7) is 5.07. The minimum Gasteiger partial charge on any atom is -0.493 e. The van der Waals surface area contributed by atoms with E-state index in [1.165, 1.54) is 24.3 Å². The molecule has 34 heavy (non-hydrogen) atoms. The molecule has 188 valence electrons. The number of carbonyl (C=O) groups excluding carboxylic acids is 1. The molecule has 0 saturated carbocycles. The topological polar surface area (TPSA) is 112 Å². The first-order valence-electron chi connectivity index (χ1n) is 11.1. The predicted molar refractivity (Wildman–Crippen MR) is 129 cm³/mol. The van der Waals surface area contributed by atoms with Crippen LogP contribution in [0.5, 0.6) is 17.2 Å². The Morgan fingerprint density at radius 1 is 0.971 bits per heavy atom. The highest BCUT2D eigenvalue weighted by atomic mass is 32.2. The molecule has 0 unspecified atom stereocenters. The minimum absolute atomic E-state index is 0.113. The van der Waals surface area contributed by atoms with E-state index in [2.05, 4.69) is 10.0 Å². The smallest absolute Gasteiger partial charge is 0.257 e. The summed E-state index contributed by atoms with van der Waals surface area (Å²) in [5.41, 5.74) is 0.912. The maximum Gasteiger partial charge on any atom is 0.257 e. The highest BCUT2D eigenvalue weighted by Crippen LogP contribution is 2.27. The van der Waals surface area contributed by atoms with Crippen molar-refractivity contribution in [2.24, 2.45) is 0 Å². The lowest BCUT2D eigenvalue weighted by molar-refractivity contribution is -0.123. The first-order chi connectivity index (χ1) is 16.2. The van der Waals surface area contributed by atoms with Crippen LogP contribution >= 0.6 is 0 Å². The van der Waals surface area contributed by atoms with E-state index in [1.807, 2.05) is 26.0 Å². The second kappa shape index (κ2) is 13.8. The predicted octanol–water partition coefficient (Wildman–Crippen LogP) is 2.53. The van der Waals surface area contributed by atoms with Crippen LogP contribution in [0, 0.1) is 0 Å². The Labute approximate surface area is 201 Å². The zero-order valence-electron chi connectivity index (χ0n) is 20.1. The summed E-state index contributed by atoms with van der Waals surface area (Å²) < 4.78 is 49.0. The van der Waals surface area contributed by atoms with Gasteiger partial charge in [-0.3, -0.25) is 4.79 Å². The quantitative estimate of drug-likeness (QED) is 0.366. The molecule has 2 aromatic rings. The second-order valence-electron chi connectivity index (χ2n) is 7.72. The average molecular weight is 495 g/mol. The number of nitrogens with one attached hydrogen (secondary N) is 2. The molecule has 2 aromatic carbocycles. The zero-order valence-corrected chi connectivity index (χ0v) is 20.9. The van der Waals surface area contributed by atoms with Gasteiger partial charge in [0.15, 0.2) is 18.1 Å². The van der Waals surface area contributed by atoms with Crippen LogP contribution in [0.2, 0.25) is 0 Å². The maximum atomic E-state index is 12.6. The molecule has 0 atom stereocenters. The van der Waals surface area contributed by atoms with Gasteiger partial charge in [-0.05, 0) is 68.7 Å². The number of benzene rings is 2. The summed E-state index contributed by atoms with van der Waals surface area (Å²) in [5, 5.41) is 2.75. The molecule has 0 radical (unpaired) electrons. The van der Waals surface area contributed by atoms with Crippen molar-refractivity contribution in [2.45, 2.75) is 37.7 Å². The van der Waals surface area contributed by atoms with E-state index in [0.717, 1.165) is 12.0 Å². The van der Waals surface area contributed by atoms with Gasteiger partial charge in [0.2, 0.25) is 10.0 Å². The van der Waals surface area contributed by atoms with E-state index < -0.39 is 10.0 Å². The van der Waals surface area contributed by atoms with Crippen LogP contribution in [0.3, 0.4) is 0 Å². The number of carbonyl (C=O) groups is 1. The number of rotatable bonds is 15. The standard InChI is InChI=1S/C24H34N2O7S/c1-18(2)32-15-5-13-25-24(27)17-33-20-7-9-21(10-8-20)34(28,29)26-14-12-19-6-11-22(30-3)23(16-19)31-4/h6-11,16,18,26H,5,12-15,17H2,1-4H3,(H,25,27). The second-order valence-corrected chi connectivity index (χ2v) is 9.49.